The Morgan fingerprint density at radius 3 is 2.87 bits per heavy atom. The van der Waals surface area contributed by atoms with Gasteiger partial charge in [0.2, 0.25) is 0 Å². The molecule has 0 spiro atoms. The molecule has 0 aromatic heterocycles. The van der Waals surface area contributed by atoms with E-state index in [1.165, 1.54) is 5.56 Å². The number of rotatable bonds is 3. The summed E-state index contributed by atoms with van der Waals surface area (Å²) >= 11 is 0. The first kappa shape index (κ1) is 11.6. The molecule has 1 aromatic rings. The molecule has 0 aliphatic heterocycles. The molecule has 1 rings (SSSR count). The summed E-state index contributed by atoms with van der Waals surface area (Å²) in [4.78, 5) is 11.2. The number of hydrogen-bond donors (Lipinski definition) is 1. The minimum Gasteiger partial charge on any atom is -0.450 e. The second-order valence-electron chi connectivity index (χ2n) is 3.63. The molecule has 3 nitrogen and oxygen atoms in total. The van der Waals surface area contributed by atoms with Crippen molar-refractivity contribution in [2.45, 2.75) is 26.7 Å². The predicted octanol–water partition coefficient (Wildman–Crippen LogP) is 3.62. The zero-order valence-electron chi connectivity index (χ0n) is 9.41. The number of carbonyl (C=O) groups excluding carboxylic acids is 1. The molecule has 0 saturated heterocycles. The zero-order valence-corrected chi connectivity index (χ0v) is 9.41. The van der Waals surface area contributed by atoms with Gasteiger partial charge in [0.15, 0.2) is 0 Å². The third kappa shape index (κ3) is 3.62. The maximum absolute atomic E-state index is 11.2. The molecule has 0 unspecified atom stereocenters. The van der Waals surface area contributed by atoms with Gasteiger partial charge in [-0.2, -0.15) is 0 Å². The molecule has 0 heterocycles. The van der Waals surface area contributed by atoms with Crippen LogP contribution in [0.3, 0.4) is 0 Å². The highest BCUT2D eigenvalue weighted by Gasteiger charge is 2.03. The number of hydrogen-bond acceptors (Lipinski definition) is 2. The summed E-state index contributed by atoms with van der Waals surface area (Å²) in [7, 11) is 0. The van der Waals surface area contributed by atoms with Crippen LogP contribution in [0.15, 0.2) is 24.3 Å². The highest BCUT2D eigenvalue weighted by molar-refractivity contribution is 5.84. The van der Waals surface area contributed by atoms with Gasteiger partial charge in [-0.1, -0.05) is 26.0 Å². The summed E-state index contributed by atoms with van der Waals surface area (Å²) in [6.45, 7) is 6.40. The average molecular weight is 209 g/mol. The molecule has 0 aliphatic rings. The van der Waals surface area contributed by atoms with Gasteiger partial charge < -0.3 is 4.74 Å². The number of ether oxygens (including phenoxy) is 1. The minimum absolute atomic E-state index is 0. The SMILES string of the molecule is CCOC(=O)Nc1cccc(C(C)C)c1.[HH]. The Kier molecular flexibility index (Phi) is 4.16. The van der Waals surface area contributed by atoms with Gasteiger partial charge in [-0.15, -0.1) is 0 Å². The van der Waals surface area contributed by atoms with Crippen molar-refractivity contribution in [3.05, 3.63) is 29.8 Å². The molecule has 0 bridgehead atoms. The van der Waals surface area contributed by atoms with Gasteiger partial charge >= 0.3 is 6.09 Å². The van der Waals surface area contributed by atoms with Crippen LogP contribution in [0.2, 0.25) is 0 Å². The fourth-order valence-corrected chi connectivity index (χ4v) is 1.26. The smallest absolute Gasteiger partial charge is 0.411 e. The van der Waals surface area contributed by atoms with Gasteiger partial charge in [-0.25, -0.2) is 4.79 Å². The van der Waals surface area contributed by atoms with Crippen LogP contribution in [0, 0.1) is 0 Å². The molecule has 84 valence electrons. The van der Waals surface area contributed by atoms with Crippen LogP contribution in [0.1, 0.15) is 33.7 Å². The molecule has 15 heavy (non-hydrogen) atoms. The fraction of sp³-hybridized carbons (Fsp3) is 0.417. The Balaban J connectivity index is 0.00000225. The highest BCUT2D eigenvalue weighted by Crippen LogP contribution is 2.18. The standard InChI is InChI=1S/C12H17NO2.H2/c1-4-15-12(14)13-11-7-5-6-10(8-11)9(2)3;/h5-9H,4H2,1-3H3,(H,13,14);1H. The van der Waals surface area contributed by atoms with E-state index in [0.717, 1.165) is 5.69 Å². The summed E-state index contributed by atoms with van der Waals surface area (Å²) in [5.74, 6) is 0.453. The second kappa shape index (κ2) is 5.39. The Bertz CT molecular complexity index is 340. The van der Waals surface area contributed by atoms with Gasteiger partial charge in [0, 0.05) is 7.11 Å². The van der Waals surface area contributed by atoms with Crippen molar-refractivity contribution in [2.75, 3.05) is 11.9 Å². The molecular weight excluding hydrogens is 190 g/mol. The lowest BCUT2D eigenvalue weighted by atomic mass is 10.0. The minimum atomic E-state index is -0.404. The van der Waals surface area contributed by atoms with E-state index in [1.54, 1.807) is 6.92 Å². The van der Waals surface area contributed by atoms with Gasteiger partial charge in [-0.3, -0.25) is 5.32 Å². The number of benzene rings is 1. The summed E-state index contributed by atoms with van der Waals surface area (Å²) in [6.07, 6.45) is -0.404. The van der Waals surface area contributed by atoms with Crippen LogP contribution >= 0.6 is 0 Å². The van der Waals surface area contributed by atoms with Gasteiger partial charge in [0.05, 0.1) is 6.61 Å². The van der Waals surface area contributed by atoms with E-state index < -0.39 is 6.09 Å². The monoisotopic (exact) mass is 209 g/mol. The molecule has 1 amide bonds. The maximum atomic E-state index is 11.2. The Morgan fingerprint density at radius 1 is 1.53 bits per heavy atom. The van der Waals surface area contributed by atoms with Crippen LogP contribution in [0.5, 0.6) is 0 Å². The lowest BCUT2D eigenvalue weighted by molar-refractivity contribution is 0.168. The largest absolute Gasteiger partial charge is 0.450 e. The van der Waals surface area contributed by atoms with Crippen molar-refractivity contribution < 1.29 is 11.0 Å². The van der Waals surface area contributed by atoms with Crippen LogP contribution < -0.4 is 5.32 Å². The first-order valence-electron chi connectivity index (χ1n) is 5.17. The molecular formula is C12H19NO2. The first-order valence-corrected chi connectivity index (χ1v) is 5.17. The molecule has 0 fully saturated rings. The van der Waals surface area contributed by atoms with Crippen LogP contribution in [-0.2, 0) is 4.74 Å². The van der Waals surface area contributed by atoms with Crippen molar-refractivity contribution in [3.8, 4) is 0 Å². The molecule has 0 saturated carbocycles. The van der Waals surface area contributed by atoms with Crippen LogP contribution in [-0.4, -0.2) is 12.7 Å². The lowest BCUT2D eigenvalue weighted by Gasteiger charge is -2.09. The molecule has 0 radical (unpaired) electrons. The molecule has 1 aromatic carbocycles. The number of anilines is 1. The van der Waals surface area contributed by atoms with Gasteiger partial charge in [0.1, 0.15) is 0 Å². The third-order valence-electron chi connectivity index (χ3n) is 2.08. The highest BCUT2D eigenvalue weighted by atomic mass is 16.5. The summed E-state index contributed by atoms with van der Waals surface area (Å²) in [5.41, 5.74) is 1.98. The van der Waals surface area contributed by atoms with Crippen molar-refractivity contribution in [3.63, 3.8) is 0 Å². The third-order valence-corrected chi connectivity index (χ3v) is 2.08. The molecule has 0 aliphatic carbocycles. The van der Waals surface area contributed by atoms with E-state index in [4.69, 9.17) is 4.74 Å². The summed E-state index contributed by atoms with van der Waals surface area (Å²) in [5, 5.41) is 2.68. The predicted molar refractivity (Wildman–Crippen MR) is 63.3 cm³/mol. The van der Waals surface area contributed by atoms with Crippen molar-refractivity contribution >= 4 is 11.8 Å². The number of nitrogens with one attached hydrogen (secondary N) is 1. The van der Waals surface area contributed by atoms with Crippen molar-refractivity contribution in [1.82, 2.24) is 0 Å². The van der Waals surface area contributed by atoms with Gasteiger partial charge in [-0.05, 0) is 30.5 Å². The van der Waals surface area contributed by atoms with E-state index in [2.05, 4.69) is 19.2 Å². The summed E-state index contributed by atoms with van der Waals surface area (Å²) < 4.78 is 4.80. The molecule has 3 heteroatoms. The van der Waals surface area contributed by atoms with E-state index in [1.807, 2.05) is 24.3 Å². The van der Waals surface area contributed by atoms with Crippen LogP contribution in [0.4, 0.5) is 10.5 Å². The normalized spacial score (nSPS) is 10.1. The summed E-state index contributed by atoms with van der Waals surface area (Å²) in [6, 6.07) is 7.78. The second-order valence-corrected chi connectivity index (χ2v) is 3.63. The number of amides is 1. The van der Waals surface area contributed by atoms with E-state index >= 15 is 0 Å². The van der Waals surface area contributed by atoms with Crippen molar-refractivity contribution in [1.29, 1.82) is 0 Å². The van der Waals surface area contributed by atoms with E-state index in [0.29, 0.717) is 12.5 Å². The Labute approximate surface area is 91.9 Å². The first-order chi connectivity index (χ1) is 7.13. The quantitative estimate of drug-likeness (QED) is 0.825. The Hall–Kier alpha value is -1.51. The average Bonchev–Trinajstić information content (AvgIpc) is 2.18. The zero-order chi connectivity index (χ0) is 11.3. The van der Waals surface area contributed by atoms with E-state index in [9.17, 15) is 4.79 Å². The topological polar surface area (TPSA) is 38.3 Å². The lowest BCUT2D eigenvalue weighted by Crippen LogP contribution is -2.13. The van der Waals surface area contributed by atoms with Crippen molar-refractivity contribution in [2.24, 2.45) is 0 Å². The maximum Gasteiger partial charge on any atom is 0.411 e. The van der Waals surface area contributed by atoms with E-state index in [-0.39, 0.29) is 1.43 Å². The van der Waals surface area contributed by atoms with Gasteiger partial charge in [0.25, 0.3) is 0 Å². The Morgan fingerprint density at radius 2 is 2.27 bits per heavy atom. The molecule has 0 atom stereocenters. The van der Waals surface area contributed by atoms with Crippen LogP contribution in [0.25, 0.3) is 0 Å². The molecule has 1 N–H and O–H groups in total. The number of carbonyl (C=O) groups is 1. The fourth-order valence-electron chi connectivity index (χ4n) is 1.26.